The average molecular weight is 428 g/mol. The van der Waals surface area contributed by atoms with E-state index in [9.17, 15) is 4.79 Å². The molecule has 2 aliphatic rings. The number of amides is 1. The Morgan fingerprint density at radius 1 is 1.12 bits per heavy atom. The lowest BCUT2D eigenvalue weighted by Gasteiger charge is -2.34. The minimum absolute atomic E-state index is 0.214. The highest BCUT2D eigenvalue weighted by molar-refractivity contribution is 5.70. The van der Waals surface area contributed by atoms with Crippen LogP contribution in [0.3, 0.4) is 0 Å². The Hall–Kier alpha value is -3.34. The fourth-order valence-corrected chi connectivity index (χ4v) is 5.13. The molecule has 3 heterocycles. The van der Waals surface area contributed by atoms with E-state index >= 15 is 0 Å². The summed E-state index contributed by atoms with van der Waals surface area (Å²) in [6.45, 7) is 7.09. The first-order valence-corrected chi connectivity index (χ1v) is 11.3. The summed E-state index contributed by atoms with van der Waals surface area (Å²) in [5.74, 6) is 0.434. The van der Waals surface area contributed by atoms with Crippen molar-refractivity contribution in [3.63, 3.8) is 0 Å². The number of hydrogen-bond acceptors (Lipinski definition) is 4. The number of anilines is 1. The number of benzene rings is 2. The first kappa shape index (κ1) is 20.6. The number of hydrogen-bond donors (Lipinski definition) is 0. The maximum atomic E-state index is 12.9. The zero-order chi connectivity index (χ0) is 22.1. The number of ether oxygens (including phenoxy) is 1. The van der Waals surface area contributed by atoms with Gasteiger partial charge in [-0.25, -0.2) is 4.79 Å². The highest BCUT2D eigenvalue weighted by Gasteiger charge is 2.53. The van der Waals surface area contributed by atoms with Crippen molar-refractivity contribution in [2.24, 2.45) is 5.92 Å². The first-order chi connectivity index (χ1) is 15.5. The number of aryl methyl sites for hydroxylation is 1. The molecule has 2 aliphatic heterocycles. The van der Waals surface area contributed by atoms with Crippen molar-refractivity contribution < 1.29 is 9.53 Å². The molecule has 0 N–H and O–H groups in total. The number of rotatable bonds is 4. The number of likely N-dealkylation sites (tertiary alicyclic amines) is 1. The van der Waals surface area contributed by atoms with Gasteiger partial charge in [0.1, 0.15) is 6.61 Å². The lowest BCUT2D eigenvalue weighted by Crippen LogP contribution is -2.50. The minimum Gasteiger partial charge on any atom is -0.445 e. The Balaban J connectivity index is 1.27. The maximum absolute atomic E-state index is 12.9. The van der Waals surface area contributed by atoms with Crippen molar-refractivity contribution in [2.75, 3.05) is 24.5 Å². The molecular weight excluding hydrogens is 398 g/mol. The third kappa shape index (κ3) is 3.83. The average Bonchev–Trinajstić information content (AvgIpc) is 3.31. The van der Waals surface area contributed by atoms with E-state index in [-0.39, 0.29) is 11.6 Å². The van der Waals surface area contributed by atoms with Crippen molar-refractivity contribution in [3.8, 4) is 11.3 Å². The van der Waals surface area contributed by atoms with Crippen molar-refractivity contribution in [1.82, 2.24) is 9.88 Å². The Bertz CT molecular complexity index is 1100. The summed E-state index contributed by atoms with van der Waals surface area (Å²) in [5, 5.41) is 0. The molecule has 5 nitrogen and oxygen atoms in total. The second-order valence-corrected chi connectivity index (χ2v) is 9.19. The molecule has 1 aromatic heterocycles. The molecule has 3 aromatic rings. The van der Waals surface area contributed by atoms with Gasteiger partial charge in [-0.1, -0.05) is 54.1 Å². The second-order valence-electron chi connectivity index (χ2n) is 9.19. The summed E-state index contributed by atoms with van der Waals surface area (Å²) in [6.07, 6.45) is 2.75. The third-order valence-corrected chi connectivity index (χ3v) is 7.00. The van der Waals surface area contributed by atoms with Crippen LogP contribution < -0.4 is 4.90 Å². The predicted molar refractivity (Wildman–Crippen MR) is 126 cm³/mol. The summed E-state index contributed by atoms with van der Waals surface area (Å²) >= 11 is 0. The molecule has 0 bridgehead atoms. The molecule has 2 fully saturated rings. The second kappa shape index (κ2) is 8.30. The summed E-state index contributed by atoms with van der Waals surface area (Å²) < 4.78 is 5.66. The van der Waals surface area contributed by atoms with Gasteiger partial charge in [-0.2, -0.15) is 0 Å². The van der Waals surface area contributed by atoms with Crippen molar-refractivity contribution in [2.45, 2.75) is 32.4 Å². The van der Waals surface area contributed by atoms with Gasteiger partial charge in [0.05, 0.1) is 23.1 Å². The molecule has 5 heteroatoms. The number of nitrogens with zero attached hydrogens (tertiary/aromatic N) is 3. The van der Waals surface area contributed by atoms with E-state index in [1.807, 2.05) is 41.4 Å². The molecule has 0 spiro atoms. The van der Waals surface area contributed by atoms with Crippen LogP contribution in [0.4, 0.5) is 10.5 Å². The van der Waals surface area contributed by atoms with Gasteiger partial charge in [0.2, 0.25) is 0 Å². The van der Waals surface area contributed by atoms with Crippen LogP contribution in [0, 0.1) is 12.8 Å². The van der Waals surface area contributed by atoms with Crippen LogP contribution in [-0.4, -0.2) is 41.2 Å². The van der Waals surface area contributed by atoms with Gasteiger partial charge in [0, 0.05) is 31.1 Å². The van der Waals surface area contributed by atoms with E-state index in [0.717, 1.165) is 48.6 Å². The summed E-state index contributed by atoms with van der Waals surface area (Å²) in [7, 11) is 0. The normalized spacial score (nSPS) is 22.1. The van der Waals surface area contributed by atoms with Crippen LogP contribution in [0.1, 0.15) is 24.5 Å². The van der Waals surface area contributed by atoms with Gasteiger partial charge in [-0.05, 0) is 44.0 Å². The molecule has 2 saturated heterocycles. The lowest BCUT2D eigenvalue weighted by molar-refractivity contribution is 0.0701. The molecule has 0 radical (unpaired) electrons. The van der Waals surface area contributed by atoms with E-state index in [2.05, 4.69) is 55.1 Å². The van der Waals surface area contributed by atoms with Crippen LogP contribution in [0.15, 0.2) is 72.9 Å². The molecule has 0 saturated carbocycles. The van der Waals surface area contributed by atoms with E-state index in [1.165, 1.54) is 5.56 Å². The Morgan fingerprint density at radius 2 is 1.97 bits per heavy atom. The highest BCUT2D eigenvalue weighted by atomic mass is 16.6. The van der Waals surface area contributed by atoms with E-state index < -0.39 is 0 Å². The zero-order valence-corrected chi connectivity index (χ0v) is 18.7. The largest absolute Gasteiger partial charge is 0.445 e. The Kier molecular flexibility index (Phi) is 5.33. The van der Waals surface area contributed by atoms with E-state index in [0.29, 0.717) is 12.5 Å². The zero-order valence-electron chi connectivity index (χ0n) is 18.7. The molecular formula is C27H29N3O2. The third-order valence-electron chi connectivity index (χ3n) is 7.00. The number of fused-ring (bicyclic) bond motifs is 1. The van der Waals surface area contributed by atoms with Crippen LogP contribution in [0.25, 0.3) is 11.3 Å². The molecule has 1 amide bonds. The fourth-order valence-electron chi connectivity index (χ4n) is 5.13. The van der Waals surface area contributed by atoms with Gasteiger partial charge >= 0.3 is 6.09 Å². The van der Waals surface area contributed by atoms with Crippen molar-refractivity contribution >= 4 is 11.8 Å². The van der Waals surface area contributed by atoms with Crippen LogP contribution in [0.2, 0.25) is 0 Å². The smallest absolute Gasteiger partial charge is 0.410 e. The van der Waals surface area contributed by atoms with E-state index in [4.69, 9.17) is 9.72 Å². The topological polar surface area (TPSA) is 45.7 Å². The molecule has 32 heavy (non-hydrogen) atoms. The first-order valence-electron chi connectivity index (χ1n) is 11.3. The Labute approximate surface area is 189 Å². The fraction of sp³-hybridized carbons (Fsp3) is 0.333. The number of aromatic nitrogens is 1. The minimum atomic E-state index is -0.219. The Morgan fingerprint density at radius 3 is 2.72 bits per heavy atom. The van der Waals surface area contributed by atoms with Gasteiger partial charge < -0.3 is 14.5 Å². The molecule has 164 valence electrons. The number of carbonyl (C=O) groups is 1. The SMILES string of the molecule is Cc1cccc(-c2ccc(N3CC4CCN(C(=O)OCc5ccccc5)C4(C)C3)cn2)c1. The van der Waals surface area contributed by atoms with Gasteiger partial charge in [-0.15, -0.1) is 0 Å². The van der Waals surface area contributed by atoms with Crippen LogP contribution in [-0.2, 0) is 11.3 Å². The molecule has 2 unspecified atom stereocenters. The maximum Gasteiger partial charge on any atom is 0.410 e. The van der Waals surface area contributed by atoms with Gasteiger partial charge in [-0.3, -0.25) is 4.98 Å². The molecule has 0 aliphatic carbocycles. The van der Waals surface area contributed by atoms with Gasteiger partial charge in [0.15, 0.2) is 0 Å². The van der Waals surface area contributed by atoms with Crippen LogP contribution in [0.5, 0.6) is 0 Å². The molecule has 2 atom stereocenters. The number of carbonyl (C=O) groups excluding carboxylic acids is 1. The highest BCUT2D eigenvalue weighted by Crippen LogP contribution is 2.43. The van der Waals surface area contributed by atoms with Crippen molar-refractivity contribution in [3.05, 3.63) is 84.1 Å². The standard InChI is InChI=1S/C27H29N3O2/c1-20-7-6-10-22(15-20)25-12-11-24(16-28-25)29-17-23-13-14-30(27(23,2)19-29)26(31)32-18-21-8-4-3-5-9-21/h3-12,15-16,23H,13-14,17-19H2,1-2H3. The summed E-state index contributed by atoms with van der Waals surface area (Å²) in [5.41, 5.74) is 5.24. The summed E-state index contributed by atoms with van der Waals surface area (Å²) in [4.78, 5) is 21.9. The van der Waals surface area contributed by atoms with E-state index in [1.54, 1.807) is 0 Å². The van der Waals surface area contributed by atoms with Crippen LogP contribution >= 0.6 is 0 Å². The monoisotopic (exact) mass is 427 g/mol. The number of pyridine rings is 1. The quantitative estimate of drug-likeness (QED) is 0.567. The summed E-state index contributed by atoms with van der Waals surface area (Å²) in [6, 6.07) is 22.5. The molecule has 5 rings (SSSR count). The lowest BCUT2D eigenvalue weighted by atomic mass is 9.90. The van der Waals surface area contributed by atoms with Crippen molar-refractivity contribution in [1.29, 1.82) is 0 Å². The predicted octanol–water partition coefficient (Wildman–Crippen LogP) is 5.29. The van der Waals surface area contributed by atoms with Gasteiger partial charge in [0.25, 0.3) is 0 Å². The molecule has 2 aromatic carbocycles.